The zero-order valence-electron chi connectivity index (χ0n) is 5.93. The van der Waals surface area contributed by atoms with E-state index >= 15 is 0 Å². The number of rotatable bonds is 1. The normalized spacial score (nSPS) is 38.2. The smallest absolute Gasteiger partial charge is 0.153 e. The molecule has 1 unspecified atom stereocenters. The summed E-state index contributed by atoms with van der Waals surface area (Å²) >= 11 is 0. The van der Waals surface area contributed by atoms with Gasteiger partial charge in [0.15, 0.2) is 9.84 Å². The van der Waals surface area contributed by atoms with Crippen LogP contribution in [0.3, 0.4) is 0 Å². The lowest BCUT2D eigenvalue weighted by Gasteiger charge is -2.12. The summed E-state index contributed by atoms with van der Waals surface area (Å²) in [4.78, 5) is 0. The maximum atomic E-state index is 13.2. The fraction of sp³-hybridized carbons (Fsp3) is 1.00. The maximum absolute atomic E-state index is 13.2. The summed E-state index contributed by atoms with van der Waals surface area (Å²) in [5.74, 6) is -0.242. The van der Waals surface area contributed by atoms with Crippen molar-refractivity contribution in [3.63, 3.8) is 0 Å². The summed E-state index contributed by atoms with van der Waals surface area (Å²) < 4.78 is 34.7. The number of halogens is 1. The summed E-state index contributed by atoms with van der Waals surface area (Å²) in [6.45, 7) is 1.68. The van der Waals surface area contributed by atoms with E-state index in [-0.39, 0.29) is 17.9 Å². The van der Waals surface area contributed by atoms with Gasteiger partial charge in [-0.2, -0.15) is 0 Å². The molecule has 0 spiro atoms. The predicted molar refractivity (Wildman–Crippen MR) is 37.4 cm³/mol. The molecule has 0 aromatic heterocycles. The van der Waals surface area contributed by atoms with E-state index in [1.807, 2.05) is 0 Å². The molecule has 60 valence electrons. The van der Waals surface area contributed by atoms with Gasteiger partial charge in [-0.25, -0.2) is 12.8 Å². The van der Waals surface area contributed by atoms with Crippen LogP contribution in [0.5, 0.6) is 0 Å². The Morgan fingerprint density at radius 1 is 1.60 bits per heavy atom. The minimum atomic E-state index is -3.04. The van der Waals surface area contributed by atoms with Crippen LogP contribution in [0.25, 0.3) is 0 Å². The van der Waals surface area contributed by atoms with Crippen molar-refractivity contribution >= 4 is 9.84 Å². The standard InChI is InChI=1S/C6H11FO2S/c1-2-6(7)3-4-10(8,9)5-6/h2-5H2,1H3. The fourth-order valence-electron chi connectivity index (χ4n) is 1.16. The molecular formula is C6H11FO2S. The van der Waals surface area contributed by atoms with Gasteiger partial charge in [-0.05, 0) is 12.8 Å². The van der Waals surface area contributed by atoms with E-state index in [9.17, 15) is 12.8 Å². The molecule has 10 heavy (non-hydrogen) atoms. The predicted octanol–water partition coefficient (Wildman–Crippen LogP) is 0.923. The van der Waals surface area contributed by atoms with Gasteiger partial charge in [-0.1, -0.05) is 6.92 Å². The average molecular weight is 166 g/mol. The zero-order valence-corrected chi connectivity index (χ0v) is 6.75. The van der Waals surface area contributed by atoms with E-state index in [1.54, 1.807) is 6.92 Å². The minimum Gasteiger partial charge on any atom is -0.243 e. The van der Waals surface area contributed by atoms with Crippen molar-refractivity contribution in [1.82, 2.24) is 0 Å². The molecule has 1 fully saturated rings. The summed E-state index contributed by atoms with van der Waals surface area (Å²) in [7, 11) is -3.04. The first-order chi connectivity index (χ1) is 4.47. The molecule has 1 rings (SSSR count). The Hall–Kier alpha value is -0.120. The first-order valence-corrected chi connectivity index (χ1v) is 5.19. The lowest BCUT2D eigenvalue weighted by molar-refractivity contribution is 0.192. The van der Waals surface area contributed by atoms with Gasteiger partial charge >= 0.3 is 0 Å². The molecule has 0 aromatic carbocycles. The van der Waals surface area contributed by atoms with Gasteiger partial charge in [0, 0.05) is 0 Å². The topological polar surface area (TPSA) is 34.1 Å². The van der Waals surface area contributed by atoms with Gasteiger partial charge < -0.3 is 0 Å². The molecule has 1 heterocycles. The van der Waals surface area contributed by atoms with Crippen molar-refractivity contribution in [2.45, 2.75) is 25.4 Å². The zero-order chi connectivity index (χ0) is 7.83. The lowest BCUT2D eigenvalue weighted by atomic mass is 10.0. The second-order valence-electron chi connectivity index (χ2n) is 2.85. The van der Waals surface area contributed by atoms with Crippen LogP contribution in [0.15, 0.2) is 0 Å². The van der Waals surface area contributed by atoms with E-state index in [0.29, 0.717) is 6.42 Å². The average Bonchev–Trinajstić information content (AvgIpc) is 2.08. The number of alkyl halides is 1. The van der Waals surface area contributed by atoms with Crippen molar-refractivity contribution in [2.24, 2.45) is 0 Å². The van der Waals surface area contributed by atoms with Gasteiger partial charge in [-0.15, -0.1) is 0 Å². The van der Waals surface area contributed by atoms with E-state index < -0.39 is 15.5 Å². The second kappa shape index (κ2) is 2.19. The number of hydrogen-bond donors (Lipinski definition) is 0. The summed E-state index contributed by atoms with van der Waals surface area (Å²) in [6, 6.07) is 0. The fourth-order valence-corrected chi connectivity index (χ4v) is 3.11. The number of hydrogen-bond acceptors (Lipinski definition) is 2. The Kier molecular flexibility index (Phi) is 1.75. The van der Waals surface area contributed by atoms with Gasteiger partial charge in [0.25, 0.3) is 0 Å². The second-order valence-corrected chi connectivity index (χ2v) is 5.03. The molecule has 0 radical (unpaired) electrons. The van der Waals surface area contributed by atoms with Gasteiger partial charge in [0.2, 0.25) is 0 Å². The van der Waals surface area contributed by atoms with Crippen LogP contribution < -0.4 is 0 Å². The summed E-state index contributed by atoms with van der Waals surface area (Å²) in [5, 5.41) is 0. The molecule has 1 aliphatic rings. The highest BCUT2D eigenvalue weighted by Gasteiger charge is 2.40. The molecule has 0 aromatic rings. The lowest BCUT2D eigenvalue weighted by Crippen LogP contribution is -2.22. The molecular weight excluding hydrogens is 155 g/mol. The monoisotopic (exact) mass is 166 g/mol. The third-order valence-corrected chi connectivity index (χ3v) is 3.76. The van der Waals surface area contributed by atoms with E-state index in [2.05, 4.69) is 0 Å². The first-order valence-electron chi connectivity index (χ1n) is 3.37. The van der Waals surface area contributed by atoms with Crippen LogP contribution in [0.2, 0.25) is 0 Å². The molecule has 0 bridgehead atoms. The quantitative estimate of drug-likeness (QED) is 0.580. The van der Waals surface area contributed by atoms with Crippen molar-refractivity contribution in [3.05, 3.63) is 0 Å². The molecule has 0 aliphatic carbocycles. The van der Waals surface area contributed by atoms with E-state index in [1.165, 1.54) is 0 Å². The molecule has 1 aliphatic heterocycles. The van der Waals surface area contributed by atoms with Crippen molar-refractivity contribution in [1.29, 1.82) is 0 Å². The van der Waals surface area contributed by atoms with Crippen LogP contribution in [0, 0.1) is 0 Å². The highest BCUT2D eigenvalue weighted by Crippen LogP contribution is 2.29. The Morgan fingerprint density at radius 3 is 2.40 bits per heavy atom. The van der Waals surface area contributed by atoms with Crippen LogP contribution in [0.1, 0.15) is 19.8 Å². The Bertz CT molecular complexity index is 222. The molecule has 0 amide bonds. The summed E-state index contributed by atoms with van der Waals surface area (Å²) in [6.07, 6.45) is 0.498. The first kappa shape index (κ1) is 7.98. The molecule has 2 nitrogen and oxygen atoms in total. The molecule has 1 atom stereocenters. The number of sulfone groups is 1. The molecule has 0 N–H and O–H groups in total. The largest absolute Gasteiger partial charge is 0.243 e. The van der Waals surface area contributed by atoms with Crippen molar-refractivity contribution in [2.75, 3.05) is 11.5 Å². The molecule has 4 heteroatoms. The molecule has 0 saturated carbocycles. The van der Waals surface area contributed by atoms with Crippen molar-refractivity contribution < 1.29 is 12.8 Å². The van der Waals surface area contributed by atoms with Crippen LogP contribution in [-0.2, 0) is 9.84 Å². The third-order valence-electron chi connectivity index (χ3n) is 1.97. The van der Waals surface area contributed by atoms with Crippen LogP contribution >= 0.6 is 0 Å². The minimum absolute atomic E-state index is 0.0251. The Labute approximate surface area is 60.3 Å². The van der Waals surface area contributed by atoms with Crippen LogP contribution in [0.4, 0.5) is 4.39 Å². The van der Waals surface area contributed by atoms with Gasteiger partial charge in [0.05, 0.1) is 11.5 Å². The molecule has 1 saturated heterocycles. The van der Waals surface area contributed by atoms with E-state index in [4.69, 9.17) is 0 Å². The SMILES string of the molecule is CCC1(F)CCS(=O)(=O)C1. The van der Waals surface area contributed by atoms with E-state index in [0.717, 1.165) is 0 Å². The maximum Gasteiger partial charge on any atom is 0.153 e. The van der Waals surface area contributed by atoms with Crippen LogP contribution in [-0.4, -0.2) is 25.6 Å². The third kappa shape index (κ3) is 1.48. The summed E-state index contributed by atoms with van der Waals surface area (Å²) in [5.41, 5.74) is -1.42. The van der Waals surface area contributed by atoms with Gasteiger partial charge in [0.1, 0.15) is 5.67 Å². The highest BCUT2D eigenvalue weighted by atomic mass is 32.2. The highest BCUT2D eigenvalue weighted by molar-refractivity contribution is 7.91. The van der Waals surface area contributed by atoms with Gasteiger partial charge in [-0.3, -0.25) is 0 Å². The Morgan fingerprint density at radius 2 is 2.20 bits per heavy atom. The Balaban J connectivity index is 2.76. The van der Waals surface area contributed by atoms with Crippen molar-refractivity contribution in [3.8, 4) is 0 Å².